The SMILES string of the molecule is NC(=O)CCCNCc1ccc(I)o1. The molecule has 0 spiro atoms. The maximum absolute atomic E-state index is 10.4. The van der Waals surface area contributed by atoms with Gasteiger partial charge in [-0.2, -0.15) is 0 Å². The average Bonchev–Trinajstić information content (AvgIpc) is 2.50. The van der Waals surface area contributed by atoms with Gasteiger partial charge in [-0.05, 0) is 47.7 Å². The number of carbonyl (C=O) groups is 1. The quantitative estimate of drug-likeness (QED) is 0.614. The van der Waals surface area contributed by atoms with Crippen molar-refractivity contribution in [1.29, 1.82) is 0 Å². The topological polar surface area (TPSA) is 68.3 Å². The minimum atomic E-state index is -0.251. The molecule has 1 aromatic heterocycles. The Kier molecular flexibility index (Phi) is 4.95. The zero-order valence-electron chi connectivity index (χ0n) is 7.75. The zero-order chi connectivity index (χ0) is 10.4. The second-order valence-electron chi connectivity index (χ2n) is 2.95. The Balaban J connectivity index is 2.07. The smallest absolute Gasteiger partial charge is 0.217 e. The summed E-state index contributed by atoms with van der Waals surface area (Å²) in [6, 6.07) is 3.85. The highest BCUT2D eigenvalue weighted by Gasteiger charge is 1.98. The van der Waals surface area contributed by atoms with Crippen LogP contribution >= 0.6 is 22.6 Å². The van der Waals surface area contributed by atoms with E-state index in [0.717, 1.165) is 22.5 Å². The molecule has 0 saturated heterocycles. The molecule has 0 bridgehead atoms. The molecule has 0 fully saturated rings. The number of carbonyl (C=O) groups excluding carboxylic acids is 1. The highest BCUT2D eigenvalue weighted by molar-refractivity contribution is 14.1. The Morgan fingerprint density at radius 3 is 2.93 bits per heavy atom. The molecule has 0 atom stereocenters. The summed E-state index contributed by atoms with van der Waals surface area (Å²) in [4.78, 5) is 10.4. The standard InChI is InChI=1S/C9H13IN2O2/c10-8-4-3-7(14-8)6-12-5-1-2-9(11)13/h3-4,12H,1-2,5-6H2,(H2,11,13). The Morgan fingerprint density at radius 2 is 2.36 bits per heavy atom. The number of furan rings is 1. The molecule has 0 unspecified atom stereocenters. The number of nitrogens with two attached hydrogens (primary N) is 1. The van der Waals surface area contributed by atoms with Crippen molar-refractivity contribution in [2.24, 2.45) is 5.73 Å². The lowest BCUT2D eigenvalue weighted by Crippen LogP contribution is -2.17. The number of amides is 1. The van der Waals surface area contributed by atoms with Crippen LogP contribution in [0.1, 0.15) is 18.6 Å². The van der Waals surface area contributed by atoms with Gasteiger partial charge in [0.1, 0.15) is 5.76 Å². The van der Waals surface area contributed by atoms with Gasteiger partial charge in [0.15, 0.2) is 3.77 Å². The highest BCUT2D eigenvalue weighted by Crippen LogP contribution is 2.09. The number of rotatable bonds is 6. The molecule has 1 rings (SSSR count). The molecule has 3 N–H and O–H groups in total. The van der Waals surface area contributed by atoms with Crippen molar-refractivity contribution >= 4 is 28.5 Å². The van der Waals surface area contributed by atoms with E-state index in [-0.39, 0.29) is 5.91 Å². The Bertz CT molecular complexity index is 299. The second kappa shape index (κ2) is 6.02. The Labute approximate surface area is 96.4 Å². The predicted octanol–water partition coefficient (Wildman–Crippen LogP) is 1.24. The first kappa shape index (κ1) is 11.5. The van der Waals surface area contributed by atoms with Gasteiger partial charge in [0.25, 0.3) is 0 Å². The first-order chi connectivity index (χ1) is 6.68. The predicted molar refractivity (Wildman–Crippen MR) is 61.6 cm³/mol. The van der Waals surface area contributed by atoms with Crippen molar-refractivity contribution in [2.75, 3.05) is 6.54 Å². The first-order valence-electron chi connectivity index (χ1n) is 4.41. The lowest BCUT2D eigenvalue weighted by molar-refractivity contribution is -0.118. The maximum atomic E-state index is 10.4. The van der Waals surface area contributed by atoms with Gasteiger partial charge in [-0.15, -0.1) is 0 Å². The number of primary amides is 1. The molecule has 0 saturated carbocycles. The van der Waals surface area contributed by atoms with E-state index in [1.165, 1.54) is 0 Å². The van der Waals surface area contributed by atoms with Gasteiger partial charge in [-0.3, -0.25) is 4.79 Å². The lowest BCUT2D eigenvalue weighted by atomic mass is 10.3. The van der Waals surface area contributed by atoms with Crippen LogP contribution in [0.25, 0.3) is 0 Å². The van der Waals surface area contributed by atoms with Crippen molar-refractivity contribution in [3.05, 3.63) is 21.7 Å². The zero-order valence-corrected chi connectivity index (χ0v) is 9.91. The van der Waals surface area contributed by atoms with Gasteiger partial charge >= 0.3 is 0 Å². The van der Waals surface area contributed by atoms with E-state index in [2.05, 4.69) is 27.9 Å². The van der Waals surface area contributed by atoms with Crippen LogP contribution in [0.3, 0.4) is 0 Å². The molecule has 78 valence electrons. The van der Waals surface area contributed by atoms with E-state index in [0.29, 0.717) is 13.0 Å². The number of nitrogens with one attached hydrogen (secondary N) is 1. The summed E-state index contributed by atoms with van der Waals surface area (Å²) in [5, 5.41) is 3.17. The maximum Gasteiger partial charge on any atom is 0.217 e. The summed E-state index contributed by atoms with van der Waals surface area (Å²) in [5.74, 6) is 0.660. The van der Waals surface area contributed by atoms with Crippen molar-refractivity contribution in [3.63, 3.8) is 0 Å². The van der Waals surface area contributed by atoms with Gasteiger partial charge in [-0.1, -0.05) is 0 Å². The van der Waals surface area contributed by atoms with Crippen molar-refractivity contribution in [3.8, 4) is 0 Å². The Hall–Kier alpha value is -0.560. The minimum Gasteiger partial charge on any atom is -0.454 e. The van der Waals surface area contributed by atoms with Crippen molar-refractivity contribution in [2.45, 2.75) is 19.4 Å². The monoisotopic (exact) mass is 308 g/mol. The molecule has 1 amide bonds. The van der Waals surface area contributed by atoms with Crippen LogP contribution in [0, 0.1) is 3.77 Å². The van der Waals surface area contributed by atoms with Crippen LogP contribution in [0.15, 0.2) is 16.5 Å². The molecule has 14 heavy (non-hydrogen) atoms. The van der Waals surface area contributed by atoms with Gasteiger partial charge in [0.2, 0.25) is 5.91 Å². The van der Waals surface area contributed by atoms with Crippen molar-refractivity contribution < 1.29 is 9.21 Å². The highest BCUT2D eigenvalue weighted by atomic mass is 127. The molecule has 1 aromatic rings. The third-order valence-electron chi connectivity index (χ3n) is 1.70. The number of hydrogen-bond acceptors (Lipinski definition) is 3. The summed E-state index contributed by atoms with van der Waals surface area (Å²) in [7, 11) is 0. The summed E-state index contributed by atoms with van der Waals surface area (Å²) in [6.45, 7) is 1.47. The molecule has 4 nitrogen and oxygen atoms in total. The largest absolute Gasteiger partial charge is 0.454 e. The summed E-state index contributed by atoms with van der Waals surface area (Å²) >= 11 is 2.12. The second-order valence-corrected chi connectivity index (χ2v) is 4.02. The van der Waals surface area contributed by atoms with Gasteiger partial charge in [0, 0.05) is 6.42 Å². The molecular weight excluding hydrogens is 295 g/mol. The molecule has 5 heteroatoms. The molecule has 0 aromatic carbocycles. The van der Waals surface area contributed by atoms with Crippen molar-refractivity contribution in [1.82, 2.24) is 5.32 Å². The molecular formula is C9H13IN2O2. The fourth-order valence-electron chi connectivity index (χ4n) is 1.05. The number of halogens is 1. The molecule has 0 aliphatic rings. The third kappa shape index (κ3) is 4.61. The summed E-state index contributed by atoms with van der Waals surface area (Å²) < 4.78 is 6.23. The Morgan fingerprint density at radius 1 is 1.57 bits per heavy atom. The van der Waals surface area contributed by atoms with Crippen LogP contribution in [0.4, 0.5) is 0 Å². The van der Waals surface area contributed by atoms with Gasteiger partial charge in [-0.25, -0.2) is 0 Å². The lowest BCUT2D eigenvalue weighted by Gasteiger charge is -2.00. The fourth-order valence-corrected chi connectivity index (χ4v) is 1.51. The molecule has 0 aliphatic carbocycles. The minimum absolute atomic E-state index is 0.251. The van der Waals surface area contributed by atoms with Crippen LogP contribution in [0.2, 0.25) is 0 Å². The van der Waals surface area contributed by atoms with Crippen LogP contribution in [-0.4, -0.2) is 12.5 Å². The van der Waals surface area contributed by atoms with Crippen LogP contribution in [0.5, 0.6) is 0 Å². The third-order valence-corrected chi connectivity index (χ3v) is 2.28. The van der Waals surface area contributed by atoms with Gasteiger partial charge in [0.05, 0.1) is 6.54 Å². The van der Waals surface area contributed by atoms with E-state index in [1.54, 1.807) is 0 Å². The van der Waals surface area contributed by atoms with Crippen LogP contribution in [-0.2, 0) is 11.3 Å². The van der Waals surface area contributed by atoms with E-state index < -0.39 is 0 Å². The average molecular weight is 308 g/mol. The van der Waals surface area contributed by atoms with E-state index in [1.807, 2.05) is 12.1 Å². The van der Waals surface area contributed by atoms with Gasteiger partial charge < -0.3 is 15.5 Å². The number of hydrogen-bond donors (Lipinski definition) is 2. The van der Waals surface area contributed by atoms with E-state index in [4.69, 9.17) is 10.2 Å². The fraction of sp³-hybridized carbons (Fsp3) is 0.444. The molecule has 0 aliphatic heterocycles. The summed E-state index contributed by atoms with van der Waals surface area (Å²) in [6.07, 6.45) is 1.20. The van der Waals surface area contributed by atoms with Crippen LogP contribution < -0.4 is 11.1 Å². The molecule has 1 heterocycles. The van der Waals surface area contributed by atoms with E-state index in [9.17, 15) is 4.79 Å². The normalized spacial score (nSPS) is 10.4. The van der Waals surface area contributed by atoms with E-state index >= 15 is 0 Å². The molecule has 0 radical (unpaired) electrons. The summed E-state index contributed by atoms with van der Waals surface area (Å²) in [5.41, 5.74) is 5.00. The first-order valence-corrected chi connectivity index (χ1v) is 5.49.